The molecule has 0 spiro atoms. The van der Waals surface area contributed by atoms with E-state index in [9.17, 15) is 4.79 Å². The van der Waals surface area contributed by atoms with E-state index in [1.807, 2.05) is 0 Å². The smallest absolute Gasteiger partial charge is 0.308 e. The Morgan fingerprint density at radius 3 is 2.50 bits per heavy atom. The first kappa shape index (κ1) is 9.48. The van der Waals surface area contributed by atoms with Gasteiger partial charge in [-0.2, -0.15) is 0 Å². The second kappa shape index (κ2) is 3.87. The topological polar surface area (TPSA) is 61.5 Å². The molecular weight excluding hydrogens is 158 g/mol. The molecule has 1 saturated carbocycles. The molecule has 70 valence electrons. The minimum absolute atomic E-state index is 0.00843. The molecule has 3 atom stereocenters. The van der Waals surface area contributed by atoms with Crippen LogP contribution in [0.15, 0.2) is 0 Å². The fourth-order valence-electron chi connectivity index (χ4n) is 1.66. The molecule has 0 aliphatic heterocycles. The van der Waals surface area contributed by atoms with Crippen molar-refractivity contribution in [2.24, 2.45) is 11.7 Å². The number of nitrogens with two attached hydrogens (primary N) is 1. The summed E-state index contributed by atoms with van der Waals surface area (Å²) in [6.45, 7) is 0. The Kier molecular flexibility index (Phi) is 3.05. The van der Waals surface area contributed by atoms with Crippen LogP contribution < -0.4 is 5.73 Å². The fraction of sp³-hybridized carbons (Fsp3) is 0.875. The fourth-order valence-corrected chi connectivity index (χ4v) is 1.66. The maximum Gasteiger partial charge on any atom is 0.308 e. The van der Waals surface area contributed by atoms with Crippen LogP contribution in [0.4, 0.5) is 0 Å². The van der Waals surface area contributed by atoms with Crippen LogP contribution in [0.1, 0.15) is 12.8 Å². The van der Waals surface area contributed by atoms with Gasteiger partial charge in [-0.3, -0.25) is 4.79 Å². The van der Waals surface area contributed by atoms with E-state index in [0.29, 0.717) is 12.8 Å². The normalized spacial score (nSPS) is 35.1. The van der Waals surface area contributed by atoms with Gasteiger partial charge in [0, 0.05) is 13.2 Å². The lowest BCUT2D eigenvalue weighted by Crippen LogP contribution is -2.30. The molecule has 3 unspecified atom stereocenters. The molecule has 0 amide bonds. The van der Waals surface area contributed by atoms with E-state index in [2.05, 4.69) is 4.74 Å². The van der Waals surface area contributed by atoms with Gasteiger partial charge in [-0.1, -0.05) is 0 Å². The number of ether oxygens (including phenoxy) is 2. The maximum absolute atomic E-state index is 11.1. The van der Waals surface area contributed by atoms with Crippen LogP contribution in [0, 0.1) is 5.92 Å². The van der Waals surface area contributed by atoms with Crippen molar-refractivity contribution in [3.63, 3.8) is 0 Å². The largest absolute Gasteiger partial charge is 0.469 e. The highest BCUT2D eigenvalue weighted by atomic mass is 16.5. The number of carbonyl (C=O) groups is 1. The second-order valence-corrected chi connectivity index (χ2v) is 3.13. The first-order chi connectivity index (χ1) is 5.69. The van der Waals surface area contributed by atoms with Crippen LogP contribution >= 0.6 is 0 Å². The van der Waals surface area contributed by atoms with Gasteiger partial charge in [0.05, 0.1) is 19.1 Å². The Morgan fingerprint density at radius 1 is 1.42 bits per heavy atom. The van der Waals surface area contributed by atoms with E-state index in [0.717, 1.165) is 0 Å². The Balaban J connectivity index is 2.48. The molecule has 1 fully saturated rings. The van der Waals surface area contributed by atoms with Gasteiger partial charge in [0.25, 0.3) is 0 Å². The predicted octanol–water partition coefficient (Wildman–Crippen LogP) is -0.0883. The van der Waals surface area contributed by atoms with Crippen molar-refractivity contribution in [1.29, 1.82) is 0 Å². The lowest BCUT2D eigenvalue weighted by Gasteiger charge is -2.11. The van der Waals surface area contributed by atoms with Gasteiger partial charge in [-0.15, -0.1) is 0 Å². The summed E-state index contributed by atoms with van der Waals surface area (Å²) in [6.07, 6.45) is 1.37. The van der Waals surface area contributed by atoms with E-state index in [4.69, 9.17) is 10.5 Å². The molecule has 4 heteroatoms. The predicted molar refractivity (Wildman–Crippen MR) is 43.5 cm³/mol. The van der Waals surface area contributed by atoms with Gasteiger partial charge in [-0.25, -0.2) is 0 Å². The summed E-state index contributed by atoms with van der Waals surface area (Å²) in [5, 5.41) is 0. The van der Waals surface area contributed by atoms with E-state index in [1.54, 1.807) is 7.11 Å². The molecule has 1 aliphatic carbocycles. The van der Waals surface area contributed by atoms with E-state index in [-0.39, 0.29) is 24.0 Å². The molecule has 0 radical (unpaired) electrons. The summed E-state index contributed by atoms with van der Waals surface area (Å²) in [7, 11) is 3.01. The molecule has 0 aromatic carbocycles. The van der Waals surface area contributed by atoms with Crippen LogP contribution in [0.5, 0.6) is 0 Å². The highest BCUT2D eigenvalue weighted by Gasteiger charge is 2.36. The molecular formula is C8H15NO3. The highest BCUT2D eigenvalue weighted by Crippen LogP contribution is 2.27. The SMILES string of the molecule is COC(=O)C1CC(N)C(OC)C1. The number of esters is 1. The third-order valence-electron chi connectivity index (χ3n) is 2.39. The molecule has 12 heavy (non-hydrogen) atoms. The molecule has 0 saturated heterocycles. The zero-order valence-corrected chi connectivity index (χ0v) is 7.45. The van der Waals surface area contributed by atoms with Crippen molar-refractivity contribution >= 4 is 5.97 Å². The molecule has 0 aromatic rings. The lowest BCUT2D eigenvalue weighted by molar-refractivity contribution is -0.145. The quantitative estimate of drug-likeness (QED) is 0.593. The number of methoxy groups -OCH3 is 2. The van der Waals surface area contributed by atoms with E-state index in [1.165, 1.54) is 7.11 Å². The van der Waals surface area contributed by atoms with E-state index >= 15 is 0 Å². The Labute approximate surface area is 72.0 Å². The average Bonchev–Trinajstić information content (AvgIpc) is 2.45. The van der Waals surface area contributed by atoms with Gasteiger partial charge in [0.15, 0.2) is 0 Å². The van der Waals surface area contributed by atoms with Crippen molar-refractivity contribution < 1.29 is 14.3 Å². The van der Waals surface area contributed by atoms with Crippen LogP contribution in [-0.4, -0.2) is 32.3 Å². The Bertz CT molecular complexity index is 172. The van der Waals surface area contributed by atoms with Crippen LogP contribution in [-0.2, 0) is 14.3 Å². The monoisotopic (exact) mass is 173 g/mol. The molecule has 2 N–H and O–H groups in total. The van der Waals surface area contributed by atoms with E-state index < -0.39 is 0 Å². The maximum atomic E-state index is 11.1. The third-order valence-corrected chi connectivity index (χ3v) is 2.39. The van der Waals surface area contributed by atoms with Gasteiger partial charge in [-0.05, 0) is 12.8 Å². The van der Waals surface area contributed by atoms with Crippen LogP contribution in [0.3, 0.4) is 0 Å². The summed E-state index contributed by atoms with van der Waals surface area (Å²) in [4.78, 5) is 11.1. The summed E-state index contributed by atoms with van der Waals surface area (Å²) < 4.78 is 9.74. The summed E-state index contributed by atoms with van der Waals surface area (Å²) >= 11 is 0. The second-order valence-electron chi connectivity index (χ2n) is 3.13. The first-order valence-corrected chi connectivity index (χ1v) is 4.05. The van der Waals surface area contributed by atoms with Gasteiger partial charge >= 0.3 is 5.97 Å². The van der Waals surface area contributed by atoms with Crippen molar-refractivity contribution in [1.82, 2.24) is 0 Å². The summed E-state index contributed by atoms with van der Waals surface area (Å²) in [5.74, 6) is -0.250. The van der Waals surface area contributed by atoms with Crippen LogP contribution in [0.2, 0.25) is 0 Å². The molecule has 0 heterocycles. The zero-order chi connectivity index (χ0) is 9.14. The minimum atomic E-state index is -0.176. The summed E-state index contributed by atoms with van der Waals surface area (Å²) in [6, 6.07) is -0.0286. The zero-order valence-electron chi connectivity index (χ0n) is 7.45. The standard InChI is InChI=1S/C8H15NO3/c1-11-7-4-5(3-6(7)9)8(10)12-2/h5-7H,3-4,9H2,1-2H3. The molecule has 0 aromatic heterocycles. The lowest BCUT2D eigenvalue weighted by atomic mass is 10.1. The summed E-state index contributed by atoms with van der Waals surface area (Å²) in [5.41, 5.74) is 5.74. The number of rotatable bonds is 2. The molecule has 4 nitrogen and oxygen atoms in total. The van der Waals surface area contributed by atoms with Gasteiger partial charge in [0.2, 0.25) is 0 Å². The molecule has 1 rings (SSSR count). The van der Waals surface area contributed by atoms with Crippen LogP contribution in [0.25, 0.3) is 0 Å². The Hall–Kier alpha value is -0.610. The average molecular weight is 173 g/mol. The number of hydrogen-bond donors (Lipinski definition) is 1. The van der Waals surface area contributed by atoms with Crippen molar-refractivity contribution in [3.8, 4) is 0 Å². The number of hydrogen-bond acceptors (Lipinski definition) is 4. The van der Waals surface area contributed by atoms with Gasteiger partial charge < -0.3 is 15.2 Å². The van der Waals surface area contributed by atoms with Crippen molar-refractivity contribution in [2.75, 3.05) is 14.2 Å². The first-order valence-electron chi connectivity index (χ1n) is 4.05. The number of carbonyl (C=O) groups excluding carboxylic acids is 1. The van der Waals surface area contributed by atoms with Crippen molar-refractivity contribution in [3.05, 3.63) is 0 Å². The highest BCUT2D eigenvalue weighted by molar-refractivity contribution is 5.72. The molecule has 0 bridgehead atoms. The van der Waals surface area contributed by atoms with Gasteiger partial charge in [0.1, 0.15) is 0 Å². The minimum Gasteiger partial charge on any atom is -0.469 e. The van der Waals surface area contributed by atoms with Crippen molar-refractivity contribution in [2.45, 2.75) is 25.0 Å². The third kappa shape index (κ3) is 1.76. The molecule has 1 aliphatic rings. The Morgan fingerprint density at radius 2 is 2.08 bits per heavy atom.